The Morgan fingerprint density at radius 1 is 1.22 bits per heavy atom. The predicted octanol–water partition coefficient (Wildman–Crippen LogP) is 1.92. The van der Waals surface area contributed by atoms with Gasteiger partial charge in [0.2, 0.25) is 0 Å². The highest BCUT2D eigenvalue weighted by molar-refractivity contribution is 5.03. The van der Waals surface area contributed by atoms with Crippen LogP contribution in [-0.4, -0.2) is 55.1 Å². The number of nitrogens with two attached hydrogens (primary N) is 1. The van der Waals surface area contributed by atoms with E-state index in [1.54, 1.807) is 0 Å². The van der Waals surface area contributed by atoms with Crippen molar-refractivity contribution in [1.82, 2.24) is 9.80 Å². The van der Waals surface area contributed by atoms with Crippen LogP contribution in [0.1, 0.15) is 46.0 Å². The first kappa shape index (κ1) is 14.3. The highest BCUT2D eigenvalue weighted by atomic mass is 15.2. The maximum absolute atomic E-state index is 6.17. The average molecular weight is 253 g/mol. The second kappa shape index (κ2) is 5.10. The first-order valence-electron chi connectivity index (χ1n) is 7.50. The van der Waals surface area contributed by atoms with Crippen LogP contribution in [0, 0.1) is 5.41 Å². The zero-order valence-corrected chi connectivity index (χ0v) is 12.7. The van der Waals surface area contributed by atoms with Crippen LogP contribution in [0.3, 0.4) is 0 Å². The molecular formula is C15H31N3. The third-order valence-corrected chi connectivity index (χ3v) is 5.44. The zero-order chi connectivity index (χ0) is 13.4. The van der Waals surface area contributed by atoms with Gasteiger partial charge in [-0.25, -0.2) is 0 Å². The SMILES string of the molecule is CN1CCC(N(C)C2(CN)CCC(C)(C)C2)CC1. The van der Waals surface area contributed by atoms with Gasteiger partial charge in [-0.2, -0.15) is 0 Å². The maximum atomic E-state index is 6.17. The number of hydrogen-bond donors (Lipinski definition) is 1. The second-order valence-corrected chi connectivity index (χ2v) is 7.41. The fourth-order valence-corrected chi connectivity index (χ4v) is 4.03. The Morgan fingerprint density at radius 3 is 2.28 bits per heavy atom. The maximum Gasteiger partial charge on any atom is 0.0336 e. The molecule has 1 atom stereocenters. The van der Waals surface area contributed by atoms with Crippen molar-refractivity contribution in [2.24, 2.45) is 11.1 Å². The van der Waals surface area contributed by atoms with Crippen molar-refractivity contribution in [3.05, 3.63) is 0 Å². The van der Waals surface area contributed by atoms with Gasteiger partial charge < -0.3 is 10.6 Å². The molecule has 0 aromatic carbocycles. The Balaban J connectivity index is 2.04. The Kier molecular flexibility index (Phi) is 4.05. The first-order valence-corrected chi connectivity index (χ1v) is 7.50. The number of piperidine rings is 1. The average Bonchev–Trinajstić information content (AvgIpc) is 2.66. The summed E-state index contributed by atoms with van der Waals surface area (Å²) in [7, 11) is 4.55. The largest absolute Gasteiger partial charge is 0.329 e. The quantitative estimate of drug-likeness (QED) is 0.834. The lowest BCUT2D eigenvalue weighted by atomic mass is 9.85. The molecule has 1 saturated heterocycles. The molecule has 2 N–H and O–H groups in total. The van der Waals surface area contributed by atoms with E-state index in [2.05, 4.69) is 37.7 Å². The van der Waals surface area contributed by atoms with Gasteiger partial charge in [0.05, 0.1) is 0 Å². The van der Waals surface area contributed by atoms with E-state index in [1.165, 1.54) is 45.2 Å². The fourth-order valence-electron chi connectivity index (χ4n) is 4.03. The minimum absolute atomic E-state index is 0.268. The summed E-state index contributed by atoms with van der Waals surface area (Å²) in [5.41, 5.74) is 6.91. The molecule has 3 heteroatoms. The van der Waals surface area contributed by atoms with Crippen molar-refractivity contribution >= 4 is 0 Å². The van der Waals surface area contributed by atoms with E-state index < -0.39 is 0 Å². The summed E-state index contributed by atoms with van der Waals surface area (Å²) in [6.45, 7) is 8.08. The van der Waals surface area contributed by atoms with Gasteiger partial charge in [-0.3, -0.25) is 4.90 Å². The number of likely N-dealkylation sites (N-methyl/N-ethyl adjacent to an activating group) is 1. The first-order chi connectivity index (χ1) is 8.38. The van der Waals surface area contributed by atoms with Crippen LogP contribution in [0.2, 0.25) is 0 Å². The predicted molar refractivity (Wildman–Crippen MR) is 77.7 cm³/mol. The van der Waals surface area contributed by atoms with E-state index in [1.807, 2.05) is 0 Å². The number of rotatable bonds is 3. The lowest BCUT2D eigenvalue weighted by Crippen LogP contribution is -2.56. The van der Waals surface area contributed by atoms with Crippen molar-refractivity contribution in [1.29, 1.82) is 0 Å². The minimum atomic E-state index is 0.268. The fraction of sp³-hybridized carbons (Fsp3) is 1.00. The molecule has 0 aromatic rings. The number of nitrogens with zero attached hydrogens (tertiary/aromatic N) is 2. The molecule has 1 aliphatic heterocycles. The highest BCUT2D eigenvalue weighted by Gasteiger charge is 2.46. The Morgan fingerprint density at radius 2 is 1.83 bits per heavy atom. The van der Waals surface area contributed by atoms with Crippen LogP contribution in [0.5, 0.6) is 0 Å². The lowest BCUT2D eigenvalue weighted by Gasteiger charge is -2.46. The lowest BCUT2D eigenvalue weighted by molar-refractivity contribution is 0.0408. The molecule has 3 nitrogen and oxygen atoms in total. The number of hydrogen-bond acceptors (Lipinski definition) is 3. The highest BCUT2D eigenvalue weighted by Crippen LogP contribution is 2.46. The van der Waals surface area contributed by atoms with Gasteiger partial charge in [0.25, 0.3) is 0 Å². The summed E-state index contributed by atoms with van der Waals surface area (Å²) < 4.78 is 0. The summed E-state index contributed by atoms with van der Waals surface area (Å²) >= 11 is 0. The summed E-state index contributed by atoms with van der Waals surface area (Å²) in [5, 5.41) is 0. The number of likely N-dealkylation sites (tertiary alicyclic amines) is 1. The molecule has 0 amide bonds. The molecule has 0 spiro atoms. The van der Waals surface area contributed by atoms with Gasteiger partial charge in [0, 0.05) is 18.1 Å². The summed E-state index contributed by atoms with van der Waals surface area (Å²) in [6, 6.07) is 0.735. The third kappa shape index (κ3) is 2.73. The topological polar surface area (TPSA) is 32.5 Å². The molecule has 0 aromatic heterocycles. The normalized spacial score (nSPS) is 34.3. The third-order valence-electron chi connectivity index (χ3n) is 5.44. The zero-order valence-electron chi connectivity index (χ0n) is 12.7. The molecule has 0 radical (unpaired) electrons. The molecule has 18 heavy (non-hydrogen) atoms. The van der Waals surface area contributed by atoms with E-state index in [-0.39, 0.29) is 5.54 Å². The molecule has 106 valence electrons. The van der Waals surface area contributed by atoms with E-state index in [4.69, 9.17) is 5.73 Å². The standard InChI is InChI=1S/C15H31N3/c1-14(2)7-8-15(11-14,12-16)18(4)13-5-9-17(3)10-6-13/h13H,5-12,16H2,1-4H3. The summed E-state index contributed by atoms with van der Waals surface area (Å²) in [5.74, 6) is 0. The molecule has 1 aliphatic carbocycles. The van der Waals surface area contributed by atoms with Gasteiger partial charge >= 0.3 is 0 Å². The molecule has 1 heterocycles. The van der Waals surface area contributed by atoms with Gasteiger partial charge in [-0.1, -0.05) is 13.8 Å². The van der Waals surface area contributed by atoms with Crippen LogP contribution in [0.4, 0.5) is 0 Å². The van der Waals surface area contributed by atoms with Crippen molar-refractivity contribution < 1.29 is 0 Å². The molecule has 2 rings (SSSR count). The molecule has 2 aliphatic rings. The smallest absolute Gasteiger partial charge is 0.0336 e. The second-order valence-electron chi connectivity index (χ2n) is 7.41. The van der Waals surface area contributed by atoms with Gasteiger partial charge in [-0.05, 0) is 64.7 Å². The molecular weight excluding hydrogens is 222 g/mol. The Bertz CT molecular complexity index is 281. The Labute approximate surface area is 113 Å². The summed E-state index contributed by atoms with van der Waals surface area (Å²) in [4.78, 5) is 5.09. The van der Waals surface area contributed by atoms with Crippen molar-refractivity contribution in [2.45, 2.75) is 57.5 Å². The van der Waals surface area contributed by atoms with Gasteiger partial charge in [0.1, 0.15) is 0 Å². The molecule has 0 bridgehead atoms. The van der Waals surface area contributed by atoms with Crippen LogP contribution in [0.25, 0.3) is 0 Å². The van der Waals surface area contributed by atoms with E-state index >= 15 is 0 Å². The van der Waals surface area contributed by atoms with Crippen molar-refractivity contribution in [3.8, 4) is 0 Å². The summed E-state index contributed by atoms with van der Waals surface area (Å²) in [6.07, 6.45) is 6.46. The molecule has 2 fully saturated rings. The Hall–Kier alpha value is -0.120. The molecule has 1 saturated carbocycles. The van der Waals surface area contributed by atoms with Crippen LogP contribution in [-0.2, 0) is 0 Å². The van der Waals surface area contributed by atoms with Crippen LogP contribution < -0.4 is 5.73 Å². The van der Waals surface area contributed by atoms with Crippen molar-refractivity contribution in [2.75, 3.05) is 33.7 Å². The van der Waals surface area contributed by atoms with Crippen LogP contribution >= 0.6 is 0 Å². The van der Waals surface area contributed by atoms with Gasteiger partial charge in [0.15, 0.2) is 0 Å². The van der Waals surface area contributed by atoms with E-state index in [0.717, 1.165) is 12.6 Å². The minimum Gasteiger partial charge on any atom is -0.329 e. The van der Waals surface area contributed by atoms with Crippen molar-refractivity contribution in [3.63, 3.8) is 0 Å². The van der Waals surface area contributed by atoms with E-state index in [9.17, 15) is 0 Å². The van der Waals surface area contributed by atoms with Gasteiger partial charge in [-0.15, -0.1) is 0 Å². The van der Waals surface area contributed by atoms with E-state index in [0.29, 0.717) is 5.41 Å². The van der Waals surface area contributed by atoms with Crippen LogP contribution in [0.15, 0.2) is 0 Å². The monoisotopic (exact) mass is 253 g/mol. The molecule has 1 unspecified atom stereocenters.